The molecular weight excluding hydrogens is 249 g/mol. The van der Waals surface area contributed by atoms with Crippen LogP contribution >= 0.6 is 0 Å². The lowest BCUT2D eigenvalue weighted by atomic mass is 10.1. The van der Waals surface area contributed by atoms with Gasteiger partial charge in [0.1, 0.15) is 17.6 Å². The number of anilines is 1. The van der Waals surface area contributed by atoms with Crippen molar-refractivity contribution in [3.8, 4) is 0 Å². The second-order valence-corrected chi connectivity index (χ2v) is 3.66. The standard InChI is InChI=1S/C10H9F3N4O/c11-10(12,13)7-5-6(16-17-7)9(18)15-8-3-1-2-4-14-8/h1-4,7,17H,5H2,(H,14,15,18). The summed E-state index contributed by atoms with van der Waals surface area (Å²) in [5, 5.41) is 5.75. The number of aromatic nitrogens is 1. The molecule has 0 aromatic carbocycles. The highest BCUT2D eigenvalue weighted by molar-refractivity contribution is 6.43. The molecule has 5 nitrogen and oxygen atoms in total. The van der Waals surface area contributed by atoms with Crippen molar-refractivity contribution in [2.75, 3.05) is 5.32 Å². The van der Waals surface area contributed by atoms with Crippen molar-refractivity contribution in [3.63, 3.8) is 0 Å². The highest BCUT2D eigenvalue weighted by Gasteiger charge is 2.44. The molecule has 1 aromatic rings. The molecule has 1 unspecified atom stereocenters. The van der Waals surface area contributed by atoms with Crippen molar-refractivity contribution in [1.29, 1.82) is 0 Å². The maximum Gasteiger partial charge on any atom is 0.410 e. The van der Waals surface area contributed by atoms with Gasteiger partial charge in [-0.15, -0.1) is 0 Å². The Balaban J connectivity index is 1.96. The molecule has 2 rings (SSSR count). The van der Waals surface area contributed by atoms with E-state index in [2.05, 4.69) is 15.4 Å². The molecule has 1 atom stereocenters. The van der Waals surface area contributed by atoms with Crippen LogP contribution in [0.15, 0.2) is 29.5 Å². The molecule has 1 aliphatic heterocycles. The van der Waals surface area contributed by atoms with Gasteiger partial charge in [-0.2, -0.15) is 18.3 Å². The first-order chi connectivity index (χ1) is 8.47. The van der Waals surface area contributed by atoms with Gasteiger partial charge in [0.2, 0.25) is 0 Å². The summed E-state index contributed by atoms with van der Waals surface area (Å²) in [7, 11) is 0. The molecule has 2 heterocycles. The minimum absolute atomic E-state index is 0.192. The van der Waals surface area contributed by atoms with Crippen molar-refractivity contribution in [2.45, 2.75) is 18.6 Å². The largest absolute Gasteiger partial charge is 0.410 e. The lowest BCUT2D eigenvalue weighted by Crippen LogP contribution is -2.37. The summed E-state index contributed by atoms with van der Waals surface area (Å²) in [6, 6.07) is 3.03. The van der Waals surface area contributed by atoms with E-state index < -0.39 is 24.5 Å². The quantitative estimate of drug-likeness (QED) is 0.840. The summed E-state index contributed by atoms with van der Waals surface area (Å²) < 4.78 is 37.0. The Morgan fingerprint density at radius 3 is 2.78 bits per heavy atom. The molecule has 0 saturated heterocycles. The van der Waals surface area contributed by atoms with Gasteiger partial charge in [-0.1, -0.05) is 6.07 Å². The van der Waals surface area contributed by atoms with Crippen LogP contribution < -0.4 is 10.7 Å². The number of hydrogen-bond acceptors (Lipinski definition) is 4. The van der Waals surface area contributed by atoms with Crippen LogP contribution in [0.2, 0.25) is 0 Å². The number of amides is 1. The van der Waals surface area contributed by atoms with Crippen LogP contribution in [-0.2, 0) is 4.79 Å². The summed E-state index contributed by atoms with van der Waals surface area (Å²) in [5.41, 5.74) is 1.70. The third kappa shape index (κ3) is 2.76. The zero-order chi connectivity index (χ0) is 13.2. The molecule has 0 bridgehead atoms. The van der Waals surface area contributed by atoms with Crippen molar-refractivity contribution in [3.05, 3.63) is 24.4 Å². The molecule has 0 fully saturated rings. The first-order valence-corrected chi connectivity index (χ1v) is 5.08. The fourth-order valence-corrected chi connectivity index (χ4v) is 1.40. The predicted octanol–water partition coefficient (Wildman–Crippen LogP) is 1.30. The Labute approximate surface area is 100 Å². The monoisotopic (exact) mass is 258 g/mol. The molecule has 8 heteroatoms. The molecule has 1 amide bonds. The van der Waals surface area contributed by atoms with Crippen LogP contribution in [0.25, 0.3) is 0 Å². The lowest BCUT2D eigenvalue weighted by molar-refractivity contribution is -0.152. The average Bonchev–Trinajstić information content (AvgIpc) is 2.79. The number of nitrogens with one attached hydrogen (secondary N) is 2. The van der Waals surface area contributed by atoms with Crippen molar-refractivity contribution < 1.29 is 18.0 Å². The SMILES string of the molecule is O=C(Nc1ccccn1)C1=NNC(C(F)(F)F)C1. The molecule has 0 aliphatic carbocycles. The maximum absolute atomic E-state index is 12.3. The van der Waals surface area contributed by atoms with Crippen molar-refractivity contribution in [2.24, 2.45) is 5.10 Å². The normalized spacial score (nSPS) is 19.1. The van der Waals surface area contributed by atoms with E-state index in [0.29, 0.717) is 0 Å². The third-order valence-electron chi connectivity index (χ3n) is 2.32. The van der Waals surface area contributed by atoms with Gasteiger partial charge in [0.15, 0.2) is 0 Å². The second-order valence-electron chi connectivity index (χ2n) is 3.66. The van der Waals surface area contributed by atoms with Crippen molar-refractivity contribution >= 4 is 17.4 Å². The molecule has 2 N–H and O–H groups in total. The first kappa shape index (κ1) is 12.3. The molecule has 0 radical (unpaired) electrons. The second kappa shape index (κ2) is 4.63. The van der Waals surface area contributed by atoms with Gasteiger partial charge < -0.3 is 5.32 Å². The van der Waals surface area contributed by atoms with Gasteiger partial charge in [-0.05, 0) is 12.1 Å². The predicted molar refractivity (Wildman–Crippen MR) is 57.9 cm³/mol. The molecule has 1 aliphatic rings. The van der Waals surface area contributed by atoms with Crippen LogP contribution in [0, 0.1) is 0 Å². The molecule has 1 aromatic heterocycles. The van der Waals surface area contributed by atoms with Crippen LogP contribution in [-0.4, -0.2) is 28.8 Å². The number of halogens is 3. The van der Waals surface area contributed by atoms with Gasteiger partial charge >= 0.3 is 6.18 Å². The van der Waals surface area contributed by atoms with Crippen LogP contribution in [0.1, 0.15) is 6.42 Å². The minimum Gasteiger partial charge on any atom is -0.305 e. The first-order valence-electron chi connectivity index (χ1n) is 5.08. The Hall–Kier alpha value is -2.12. The smallest absolute Gasteiger partial charge is 0.305 e. The molecule has 18 heavy (non-hydrogen) atoms. The number of pyridine rings is 1. The summed E-state index contributed by atoms with van der Waals surface area (Å²) in [4.78, 5) is 15.4. The number of rotatable bonds is 2. The Bertz CT molecular complexity index is 472. The highest BCUT2D eigenvalue weighted by Crippen LogP contribution is 2.25. The van der Waals surface area contributed by atoms with Crippen LogP contribution in [0.5, 0.6) is 0 Å². The van der Waals surface area contributed by atoms with Crippen LogP contribution in [0.3, 0.4) is 0 Å². The number of nitrogens with zero attached hydrogens (tertiary/aromatic N) is 2. The Kier molecular flexibility index (Phi) is 3.17. The van der Waals surface area contributed by atoms with E-state index >= 15 is 0 Å². The zero-order valence-corrected chi connectivity index (χ0v) is 9.03. The highest BCUT2D eigenvalue weighted by atomic mass is 19.4. The van der Waals surface area contributed by atoms with Gasteiger partial charge in [-0.3, -0.25) is 10.2 Å². The minimum atomic E-state index is -4.42. The van der Waals surface area contributed by atoms with Gasteiger partial charge in [0.05, 0.1) is 0 Å². The van der Waals surface area contributed by atoms with Gasteiger partial charge in [-0.25, -0.2) is 4.98 Å². The molecular formula is C10H9F3N4O. The third-order valence-corrected chi connectivity index (χ3v) is 2.32. The van der Waals surface area contributed by atoms with E-state index in [1.165, 1.54) is 12.3 Å². The maximum atomic E-state index is 12.3. The average molecular weight is 258 g/mol. The van der Waals surface area contributed by atoms with E-state index in [9.17, 15) is 18.0 Å². The van der Waals surface area contributed by atoms with Crippen molar-refractivity contribution in [1.82, 2.24) is 10.4 Å². The Morgan fingerprint density at radius 1 is 1.44 bits per heavy atom. The number of carbonyl (C=O) groups is 1. The number of carbonyl (C=O) groups excluding carboxylic acids is 1. The van der Waals surface area contributed by atoms with E-state index in [4.69, 9.17) is 0 Å². The van der Waals surface area contributed by atoms with E-state index in [-0.39, 0.29) is 11.5 Å². The fourth-order valence-electron chi connectivity index (χ4n) is 1.40. The lowest BCUT2D eigenvalue weighted by Gasteiger charge is -2.13. The van der Waals surface area contributed by atoms with E-state index in [1.54, 1.807) is 12.1 Å². The Morgan fingerprint density at radius 2 is 2.22 bits per heavy atom. The zero-order valence-electron chi connectivity index (χ0n) is 9.03. The van der Waals surface area contributed by atoms with Crippen LogP contribution in [0.4, 0.5) is 19.0 Å². The van der Waals surface area contributed by atoms with E-state index in [0.717, 1.165) is 0 Å². The molecule has 0 saturated carbocycles. The number of hydrogen-bond donors (Lipinski definition) is 2. The number of alkyl halides is 3. The summed E-state index contributed by atoms with van der Waals surface area (Å²) >= 11 is 0. The summed E-state index contributed by atoms with van der Waals surface area (Å²) in [6.45, 7) is 0. The number of hydrazone groups is 1. The summed E-state index contributed by atoms with van der Waals surface area (Å²) in [5.74, 6) is -0.423. The molecule has 0 spiro atoms. The van der Waals surface area contributed by atoms with Gasteiger partial charge in [0, 0.05) is 12.6 Å². The van der Waals surface area contributed by atoms with E-state index in [1.807, 2.05) is 5.43 Å². The van der Waals surface area contributed by atoms with Gasteiger partial charge in [0.25, 0.3) is 5.91 Å². The molecule has 96 valence electrons. The summed E-state index contributed by atoms with van der Waals surface area (Å²) in [6.07, 6.45) is -3.44. The fraction of sp³-hybridized carbons (Fsp3) is 0.300. The topological polar surface area (TPSA) is 66.4 Å².